The van der Waals surface area contributed by atoms with E-state index in [1.807, 2.05) is 32.0 Å². The zero-order valence-electron chi connectivity index (χ0n) is 22.3. The normalized spacial score (nSPS) is 11.1. The van der Waals surface area contributed by atoms with Gasteiger partial charge in [0.2, 0.25) is 0 Å². The van der Waals surface area contributed by atoms with E-state index in [1.165, 1.54) is 57.8 Å². The zero-order valence-corrected chi connectivity index (χ0v) is 22.3. The summed E-state index contributed by atoms with van der Waals surface area (Å²) in [6.45, 7) is 11.2. The molecule has 1 amide bonds. The summed E-state index contributed by atoms with van der Waals surface area (Å²) in [5.74, 6) is -0.296. The molecule has 0 aliphatic heterocycles. The van der Waals surface area contributed by atoms with Crippen molar-refractivity contribution in [1.82, 2.24) is 4.57 Å². The number of anilines is 1. The molecule has 0 atom stereocenters. The van der Waals surface area contributed by atoms with E-state index in [4.69, 9.17) is 0 Å². The minimum absolute atomic E-state index is 0.196. The predicted octanol–water partition coefficient (Wildman–Crippen LogP) is 7.76. The highest BCUT2D eigenvalue weighted by Gasteiger charge is 2.19. The Hall–Kier alpha value is -2.36. The molecule has 2 aromatic rings. The standard InChI is InChI=1S/C30H46N2O2/c1-6-9-10-11-12-13-14-15-16-17-21-32-23(4)22-27(33)28(24(32)5)30(34)31-29-25(7-2)19-18-20-26(29)8-3/h18-20,22H,6-17,21H2,1-5H3,(H,31,34). The molecular formula is C30H46N2O2. The smallest absolute Gasteiger partial charge is 0.261 e. The second-order valence-corrected chi connectivity index (χ2v) is 9.56. The lowest BCUT2D eigenvalue weighted by atomic mass is 10.0. The van der Waals surface area contributed by atoms with Gasteiger partial charge in [0.1, 0.15) is 5.56 Å². The maximum Gasteiger partial charge on any atom is 0.261 e. The first-order valence-electron chi connectivity index (χ1n) is 13.6. The molecule has 0 unspecified atom stereocenters. The lowest BCUT2D eigenvalue weighted by molar-refractivity contribution is 0.102. The summed E-state index contributed by atoms with van der Waals surface area (Å²) in [6, 6.07) is 7.73. The Kier molecular flexibility index (Phi) is 12.1. The second-order valence-electron chi connectivity index (χ2n) is 9.56. The molecule has 0 radical (unpaired) electrons. The number of aryl methyl sites for hydroxylation is 3. The van der Waals surface area contributed by atoms with Gasteiger partial charge >= 0.3 is 0 Å². The van der Waals surface area contributed by atoms with Crippen molar-refractivity contribution in [1.29, 1.82) is 0 Å². The van der Waals surface area contributed by atoms with Crippen LogP contribution < -0.4 is 10.7 Å². The molecular weight excluding hydrogens is 420 g/mol. The average Bonchev–Trinajstić information content (AvgIpc) is 2.81. The van der Waals surface area contributed by atoms with Crippen LogP contribution in [0.3, 0.4) is 0 Å². The lowest BCUT2D eigenvalue weighted by Gasteiger charge is -2.19. The Labute approximate surface area is 207 Å². The predicted molar refractivity (Wildman–Crippen MR) is 145 cm³/mol. The van der Waals surface area contributed by atoms with E-state index in [1.54, 1.807) is 6.07 Å². The van der Waals surface area contributed by atoms with E-state index in [0.717, 1.165) is 54.0 Å². The first-order valence-corrected chi connectivity index (χ1v) is 13.6. The Morgan fingerprint density at radius 1 is 0.824 bits per heavy atom. The number of para-hydroxylation sites is 1. The maximum atomic E-state index is 13.3. The first-order chi connectivity index (χ1) is 16.4. The number of amides is 1. The Morgan fingerprint density at radius 3 is 1.88 bits per heavy atom. The van der Waals surface area contributed by atoms with Gasteiger partial charge in [0.25, 0.3) is 5.91 Å². The Morgan fingerprint density at radius 2 is 1.35 bits per heavy atom. The summed E-state index contributed by atoms with van der Waals surface area (Å²) in [5, 5.41) is 3.08. The SMILES string of the molecule is CCCCCCCCCCCCn1c(C)cc(=O)c(C(=O)Nc2c(CC)cccc2CC)c1C. The molecule has 0 aliphatic rings. The molecule has 1 N–H and O–H groups in total. The lowest BCUT2D eigenvalue weighted by Crippen LogP contribution is -2.27. The van der Waals surface area contributed by atoms with Crippen LogP contribution in [0.2, 0.25) is 0 Å². The van der Waals surface area contributed by atoms with E-state index in [2.05, 4.69) is 30.7 Å². The van der Waals surface area contributed by atoms with Crippen LogP contribution in [0.5, 0.6) is 0 Å². The summed E-state index contributed by atoms with van der Waals surface area (Å²) >= 11 is 0. The van der Waals surface area contributed by atoms with Crippen LogP contribution in [0, 0.1) is 13.8 Å². The van der Waals surface area contributed by atoms with Gasteiger partial charge < -0.3 is 9.88 Å². The molecule has 4 nitrogen and oxygen atoms in total. The van der Waals surface area contributed by atoms with E-state index in [-0.39, 0.29) is 16.9 Å². The van der Waals surface area contributed by atoms with Gasteiger partial charge in [-0.15, -0.1) is 0 Å². The van der Waals surface area contributed by atoms with Gasteiger partial charge in [0, 0.05) is 29.7 Å². The van der Waals surface area contributed by atoms with Crippen LogP contribution in [-0.2, 0) is 19.4 Å². The number of nitrogens with zero attached hydrogens (tertiary/aromatic N) is 1. The van der Waals surface area contributed by atoms with Crippen molar-refractivity contribution >= 4 is 11.6 Å². The number of rotatable bonds is 15. The van der Waals surface area contributed by atoms with Gasteiger partial charge in [-0.05, 0) is 44.2 Å². The number of hydrogen-bond acceptors (Lipinski definition) is 2. The monoisotopic (exact) mass is 466 g/mol. The molecule has 188 valence electrons. The molecule has 34 heavy (non-hydrogen) atoms. The fourth-order valence-electron chi connectivity index (χ4n) is 4.87. The summed E-state index contributed by atoms with van der Waals surface area (Å²) in [6.07, 6.45) is 14.6. The number of benzene rings is 1. The van der Waals surface area contributed by atoms with E-state index >= 15 is 0 Å². The maximum absolute atomic E-state index is 13.3. The van der Waals surface area contributed by atoms with Crippen LogP contribution >= 0.6 is 0 Å². The minimum atomic E-state index is -0.296. The Balaban J connectivity index is 2.01. The molecule has 2 rings (SSSR count). The second kappa shape index (κ2) is 14.8. The van der Waals surface area contributed by atoms with Crippen LogP contribution in [0.4, 0.5) is 5.69 Å². The van der Waals surface area contributed by atoms with Gasteiger partial charge in [-0.2, -0.15) is 0 Å². The largest absolute Gasteiger partial charge is 0.348 e. The van der Waals surface area contributed by atoms with Gasteiger partial charge in [-0.25, -0.2) is 0 Å². The molecule has 0 fully saturated rings. The van der Waals surface area contributed by atoms with Crippen LogP contribution in [0.15, 0.2) is 29.1 Å². The number of carbonyl (C=O) groups is 1. The molecule has 0 spiro atoms. The third-order valence-corrected chi connectivity index (χ3v) is 6.98. The van der Waals surface area contributed by atoms with Crippen molar-refractivity contribution in [3.63, 3.8) is 0 Å². The van der Waals surface area contributed by atoms with Gasteiger partial charge in [0.05, 0.1) is 0 Å². The van der Waals surface area contributed by atoms with E-state index < -0.39 is 0 Å². The highest BCUT2D eigenvalue weighted by Crippen LogP contribution is 2.23. The molecule has 0 bridgehead atoms. The van der Waals surface area contributed by atoms with Gasteiger partial charge in [-0.1, -0.05) is 96.8 Å². The van der Waals surface area contributed by atoms with E-state index in [9.17, 15) is 9.59 Å². The van der Waals surface area contributed by atoms with Crippen molar-refractivity contribution in [2.24, 2.45) is 0 Å². The third kappa shape index (κ3) is 7.85. The highest BCUT2D eigenvalue weighted by molar-refractivity contribution is 6.05. The fraction of sp³-hybridized carbons (Fsp3) is 0.600. The summed E-state index contributed by atoms with van der Waals surface area (Å²) in [7, 11) is 0. The number of unbranched alkanes of at least 4 members (excludes halogenated alkanes) is 9. The number of pyridine rings is 1. The average molecular weight is 467 g/mol. The molecule has 1 aromatic carbocycles. The number of hydrogen-bond donors (Lipinski definition) is 1. The minimum Gasteiger partial charge on any atom is -0.348 e. The molecule has 0 saturated heterocycles. The Bertz CT molecular complexity index is 952. The van der Waals surface area contributed by atoms with Crippen molar-refractivity contribution in [3.8, 4) is 0 Å². The van der Waals surface area contributed by atoms with Gasteiger partial charge in [-0.3, -0.25) is 9.59 Å². The molecule has 1 heterocycles. The van der Waals surface area contributed by atoms with Crippen LogP contribution in [-0.4, -0.2) is 10.5 Å². The van der Waals surface area contributed by atoms with E-state index in [0.29, 0.717) is 0 Å². The van der Waals surface area contributed by atoms with Crippen LogP contribution in [0.1, 0.15) is 118 Å². The highest BCUT2D eigenvalue weighted by atomic mass is 16.2. The summed E-state index contributed by atoms with van der Waals surface area (Å²) < 4.78 is 2.15. The quantitative estimate of drug-likeness (QED) is 0.273. The number of aromatic nitrogens is 1. The topological polar surface area (TPSA) is 51.1 Å². The summed E-state index contributed by atoms with van der Waals surface area (Å²) in [4.78, 5) is 26.1. The number of nitrogens with one attached hydrogen (secondary N) is 1. The molecule has 1 aromatic heterocycles. The number of carbonyl (C=O) groups excluding carboxylic acids is 1. The van der Waals surface area contributed by atoms with Crippen LogP contribution in [0.25, 0.3) is 0 Å². The fourth-order valence-corrected chi connectivity index (χ4v) is 4.87. The molecule has 4 heteroatoms. The van der Waals surface area contributed by atoms with Crippen molar-refractivity contribution in [2.45, 2.75) is 118 Å². The molecule has 0 saturated carbocycles. The van der Waals surface area contributed by atoms with Crippen molar-refractivity contribution in [2.75, 3.05) is 5.32 Å². The summed E-state index contributed by atoms with van der Waals surface area (Å²) in [5.41, 5.74) is 4.83. The molecule has 0 aliphatic carbocycles. The van der Waals surface area contributed by atoms with Gasteiger partial charge in [0.15, 0.2) is 5.43 Å². The van der Waals surface area contributed by atoms with Crippen molar-refractivity contribution in [3.05, 3.63) is 62.6 Å². The van der Waals surface area contributed by atoms with Crippen molar-refractivity contribution < 1.29 is 4.79 Å². The zero-order chi connectivity index (χ0) is 24.9. The third-order valence-electron chi connectivity index (χ3n) is 6.98. The first kappa shape index (κ1) is 27.9.